The van der Waals surface area contributed by atoms with Crippen molar-refractivity contribution in [3.63, 3.8) is 0 Å². The number of nitrogens with one attached hydrogen (secondary N) is 1. The van der Waals surface area contributed by atoms with Crippen molar-refractivity contribution in [2.75, 3.05) is 6.54 Å². The van der Waals surface area contributed by atoms with E-state index in [0.717, 1.165) is 10.9 Å². The Bertz CT molecular complexity index is 376. The van der Waals surface area contributed by atoms with Crippen LogP contribution < -0.4 is 11.1 Å². The smallest absolute Gasteiger partial charge is 0.251 e. The van der Waals surface area contributed by atoms with Crippen molar-refractivity contribution in [3.8, 4) is 0 Å². The molecule has 5 heteroatoms. The van der Waals surface area contributed by atoms with Gasteiger partial charge in [-0.15, -0.1) is 0 Å². The number of halogens is 1. The summed E-state index contributed by atoms with van der Waals surface area (Å²) in [5, 5.41) is 3.38. The zero-order valence-corrected chi connectivity index (χ0v) is 10.3. The fourth-order valence-electron chi connectivity index (χ4n) is 1.15. The van der Waals surface area contributed by atoms with E-state index >= 15 is 0 Å². The number of carbonyl (C=O) groups is 2. The van der Waals surface area contributed by atoms with Crippen LogP contribution in [0.1, 0.15) is 22.3 Å². The molecular weight excluding hydrogens is 272 g/mol. The molecule has 0 bridgehead atoms. The third-order valence-corrected chi connectivity index (χ3v) is 2.67. The molecule has 0 heterocycles. The maximum atomic E-state index is 11.6. The summed E-state index contributed by atoms with van der Waals surface area (Å²) in [5.74, 6) is -0.614. The number of nitrogens with two attached hydrogens (primary N) is 1. The molecule has 4 nitrogen and oxygen atoms in total. The number of carbonyl (C=O) groups excluding carboxylic acids is 2. The molecule has 1 aromatic carbocycles. The van der Waals surface area contributed by atoms with Gasteiger partial charge in [-0.25, -0.2) is 0 Å². The molecule has 1 aromatic rings. The highest BCUT2D eigenvalue weighted by Gasteiger charge is 2.04. The predicted octanol–water partition coefficient (Wildman–Crippen LogP) is 1.19. The Labute approximate surface area is 102 Å². The SMILES string of the molecule is NC(=O)CCNC(=O)c1ccc(CBr)cc1. The van der Waals surface area contributed by atoms with Gasteiger partial charge in [0, 0.05) is 23.9 Å². The first-order valence-electron chi connectivity index (χ1n) is 4.85. The van der Waals surface area contributed by atoms with Crippen molar-refractivity contribution < 1.29 is 9.59 Å². The van der Waals surface area contributed by atoms with Crippen molar-refractivity contribution in [1.82, 2.24) is 5.32 Å². The molecule has 0 spiro atoms. The Balaban J connectivity index is 2.49. The minimum absolute atomic E-state index is 0.158. The predicted molar refractivity (Wildman–Crippen MR) is 65.2 cm³/mol. The standard InChI is InChI=1S/C11H13BrN2O2/c12-7-8-1-3-9(4-2-8)11(16)14-6-5-10(13)15/h1-4H,5-7H2,(H2,13,15)(H,14,16). The second kappa shape index (κ2) is 6.27. The van der Waals surface area contributed by atoms with Crippen LogP contribution in [0.25, 0.3) is 0 Å². The summed E-state index contributed by atoms with van der Waals surface area (Å²) in [6.45, 7) is 0.272. The molecule has 3 N–H and O–H groups in total. The van der Waals surface area contributed by atoms with Gasteiger partial charge >= 0.3 is 0 Å². The molecule has 0 radical (unpaired) electrons. The number of primary amides is 1. The average molecular weight is 285 g/mol. The lowest BCUT2D eigenvalue weighted by Gasteiger charge is -2.04. The summed E-state index contributed by atoms with van der Waals surface area (Å²) >= 11 is 3.33. The van der Waals surface area contributed by atoms with Gasteiger partial charge in [-0.05, 0) is 17.7 Å². The van der Waals surface area contributed by atoms with Crippen molar-refractivity contribution in [3.05, 3.63) is 35.4 Å². The van der Waals surface area contributed by atoms with Gasteiger partial charge in [0.05, 0.1) is 0 Å². The summed E-state index contributed by atoms with van der Waals surface area (Å²) < 4.78 is 0. The quantitative estimate of drug-likeness (QED) is 0.797. The van der Waals surface area contributed by atoms with Gasteiger partial charge in [0.25, 0.3) is 5.91 Å². The summed E-state index contributed by atoms with van der Waals surface area (Å²) in [6, 6.07) is 7.24. The van der Waals surface area contributed by atoms with Crippen LogP contribution in [0.4, 0.5) is 0 Å². The second-order valence-corrected chi connectivity index (χ2v) is 3.86. The Hall–Kier alpha value is -1.36. The largest absolute Gasteiger partial charge is 0.370 e. The number of amides is 2. The van der Waals surface area contributed by atoms with Crippen LogP contribution in [-0.4, -0.2) is 18.4 Å². The number of alkyl halides is 1. The van der Waals surface area contributed by atoms with E-state index in [9.17, 15) is 9.59 Å². The molecule has 1 rings (SSSR count). The van der Waals surface area contributed by atoms with Crippen molar-refractivity contribution in [2.45, 2.75) is 11.8 Å². The van der Waals surface area contributed by atoms with Gasteiger partial charge in [-0.2, -0.15) is 0 Å². The molecule has 2 amide bonds. The van der Waals surface area contributed by atoms with Crippen LogP contribution >= 0.6 is 15.9 Å². The third-order valence-electron chi connectivity index (χ3n) is 2.03. The Morgan fingerprint density at radius 1 is 1.25 bits per heavy atom. The molecule has 0 aliphatic heterocycles. The lowest BCUT2D eigenvalue weighted by molar-refractivity contribution is -0.117. The maximum absolute atomic E-state index is 11.6. The van der Waals surface area contributed by atoms with E-state index in [0.29, 0.717) is 5.56 Å². The first-order chi connectivity index (χ1) is 7.63. The second-order valence-electron chi connectivity index (χ2n) is 3.30. The highest BCUT2D eigenvalue weighted by Crippen LogP contribution is 2.07. The highest BCUT2D eigenvalue weighted by molar-refractivity contribution is 9.08. The molecule has 0 aromatic heterocycles. The van der Waals surface area contributed by atoms with Crippen molar-refractivity contribution in [1.29, 1.82) is 0 Å². The lowest BCUT2D eigenvalue weighted by Crippen LogP contribution is -2.27. The van der Waals surface area contributed by atoms with Crippen LogP contribution in [0, 0.1) is 0 Å². The van der Waals surface area contributed by atoms with Crippen LogP contribution in [-0.2, 0) is 10.1 Å². The van der Waals surface area contributed by atoms with E-state index in [2.05, 4.69) is 21.2 Å². The van der Waals surface area contributed by atoms with E-state index in [1.54, 1.807) is 12.1 Å². The molecule has 16 heavy (non-hydrogen) atoms. The lowest BCUT2D eigenvalue weighted by atomic mass is 10.1. The zero-order valence-electron chi connectivity index (χ0n) is 8.70. The van der Waals surface area contributed by atoms with E-state index in [4.69, 9.17) is 5.73 Å². The zero-order chi connectivity index (χ0) is 12.0. The monoisotopic (exact) mass is 284 g/mol. The Morgan fingerprint density at radius 3 is 2.38 bits per heavy atom. The number of hydrogen-bond donors (Lipinski definition) is 2. The van der Waals surface area contributed by atoms with Crippen LogP contribution in [0.15, 0.2) is 24.3 Å². The normalized spacial score (nSPS) is 9.81. The summed E-state index contributed by atoms with van der Waals surface area (Å²) in [6.07, 6.45) is 0.158. The van der Waals surface area contributed by atoms with Crippen molar-refractivity contribution in [2.24, 2.45) is 5.73 Å². The summed E-state index contributed by atoms with van der Waals surface area (Å²) in [4.78, 5) is 22.0. The fourth-order valence-corrected chi connectivity index (χ4v) is 1.52. The average Bonchev–Trinajstić information content (AvgIpc) is 2.28. The number of hydrogen-bond acceptors (Lipinski definition) is 2. The molecule has 0 fully saturated rings. The van der Waals surface area contributed by atoms with E-state index in [-0.39, 0.29) is 18.9 Å². The topological polar surface area (TPSA) is 72.2 Å². The van der Waals surface area contributed by atoms with Gasteiger partial charge in [0.1, 0.15) is 0 Å². The molecule has 0 unspecified atom stereocenters. The minimum Gasteiger partial charge on any atom is -0.370 e. The highest BCUT2D eigenvalue weighted by atomic mass is 79.9. The third kappa shape index (κ3) is 4.02. The van der Waals surface area contributed by atoms with Crippen LogP contribution in [0.2, 0.25) is 0 Å². The van der Waals surface area contributed by atoms with Crippen LogP contribution in [0.5, 0.6) is 0 Å². The van der Waals surface area contributed by atoms with E-state index in [1.807, 2.05) is 12.1 Å². The Kier molecular flexibility index (Phi) is 4.98. The molecule has 86 valence electrons. The van der Waals surface area contributed by atoms with Gasteiger partial charge < -0.3 is 11.1 Å². The first kappa shape index (κ1) is 12.7. The minimum atomic E-state index is -0.421. The molecule has 0 aliphatic carbocycles. The molecule has 0 saturated heterocycles. The Morgan fingerprint density at radius 2 is 1.88 bits per heavy atom. The van der Waals surface area contributed by atoms with Crippen molar-refractivity contribution >= 4 is 27.7 Å². The van der Waals surface area contributed by atoms with Gasteiger partial charge in [-0.3, -0.25) is 9.59 Å². The first-order valence-corrected chi connectivity index (χ1v) is 5.97. The van der Waals surface area contributed by atoms with E-state index in [1.165, 1.54) is 0 Å². The molecule has 0 saturated carbocycles. The molecular formula is C11H13BrN2O2. The maximum Gasteiger partial charge on any atom is 0.251 e. The van der Waals surface area contributed by atoms with Crippen LogP contribution in [0.3, 0.4) is 0 Å². The van der Waals surface area contributed by atoms with E-state index < -0.39 is 5.91 Å². The fraction of sp³-hybridized carbons (Fsp3) is 0.273. The number of benzene rings is 1. The molecule has 0 atom stereocenters. The summed E-state index contributed by atoms with van der Waals surface area (Å²) in [7, 11) is 0. The molecule has 0 aliphatic rings. The van der Waals surface area contributed by atoms with Gasteiger partial charge in [0.2, 0.25) is 5.91 Å². The van der Waals surface area contributed by atoms with Gasteiger partial charge in [0.15, 0.2) is 0 Å². The van der Waals surface area contributed by atoms with Gasteiger partial charge in [-0.1, -0.05) is 28.1 Å². The number of rotatable bonds is 5. The summed E-state index contributed by atoms with van der Waals surface area (Å²) in [5.41, 5.74) is 6.64.